The normalized spacial score (nSPS) is 22.0. The Morgan fingerprint density at radius 3 is 2.13 bits per heavy atom. The Morgan fingerprint density at radius 1 is 0.957 bits per heavy atom. The molecule has 23 heavy (non-hydrogen) atoms. The Labute approximate surface area is 151 Å². The molecule has 0 aliphatic carbocycles. The van der Waals surface area contributed by atoms with Crippen LogP contribution in [-0.2, 0) is 0 Å². The SMILES string of the molecule is CCC1(CC)N[C@@H](c2ccccc2)C[C@H]1c1ccncc1.Cl.Cl. The molecule has 0 spiro atoms. The van der Waals surface area contributed by atoms with Crippen molar-refractivity contribution < 1.29 is 0 Å². The molecule has 1 fully saturated rings. The van der Waals surface area contributed by atoms with Crippen LogP contribution in [0.4, 0.5) is 0 Å². The third kappa shape index (κ3) is 3.88. The van der Waals surface area contributed by atoms with E-state index in [9.17, 15) is 0 Å². The molecule has 2 nitrogen and oxygen atoms in total. The van der Waals surface area contributed by atoms with E-state index >= 15 is 0 Å². The predicted octanol–water partition coefficient (Wildman–Crippen LogP) is 5.30. The molecule has 0 unspecified atom stereocenters. The summed E-state index contributed by atoms with van der Waals surface area (Å²) in [6, 6.07) is 15.6. The van der Waals surface area contributed by atoms with Crippen molar-refractivity contribution in [2.75, 3.05) is 0 Å². The van der Waals surface area contributed by atoms with Crippen LogP contribution in [0.25, 0.3) is 0 Å². The van der Waals surface area contributed by atoms with Crippen LogP contribution in [0.5, 0.6) is 0 Å². The van der Waals surface area contributed by atoms with Gasteiger partial charge in [-0.3, -0.25) is 4.98 Å². The first-order valence-corrected chi connectivity index (χ1v) is 8.01. The lowest BCUT2D eigenvalue weighted by Crippen LogP contribution is -2.43. The van der Waals surface area contributed by atoms with Crippen LogP contribution in [0.2, 0.25) is 0 Å². The highest BCUT2D eigenvalue weighted by atomic mass is 35.5. The molecule has 4 heteroatoms. The molecule has 2 aromatic rings. The number of nitrogens with zero attached hydrogens (tertiary/aromatic N) is 1. The second-order valence-electron chi connectivity index (χ2n) is 6.04. The number of aromatic nitrogens is 1. The fourth-order valence-electron chi connectivity index (χ4n) is 3.87. The fraction of sp³-hybridized carbons (Fsp3) is 0.421. The van der Waals surface area contributed by atoms with Gasteiger partial charge < -0.3 is 5.32 Å². The summed E-state index contributed by atoms with van der Waals surface area (Å²) in [4.78, 5) is 4.17. The molecule has 0 radical (unpaired) electrons. The summed E-state index contributed by atoms with van der Waals surface area (Å²) in [5, 5.41) is 3.95. The van der Waals surface area contributed by atoms with Crippen LogP contribution in [0, 0.1) is 0 Å². The first-order chi connectivity index (χ1) is 10.3. The summed E-state index contributed by atoms with van der Waals surface area (Å²) in [7, 11) is 0. The molecule has 0 bridgehead atoms. The smallest absolute Gasteiger partial charge is 0.0331 e. The van der Waals surface area contributed by atoms with Crippen LogP contribution in [0.3, 0.4) is 0 Å². The van der Waals surface area contributed by atoms with Gasteiger partial charge in [-0.25, -0.2) is 0 Å². The molecule has 0 amide bonds. The first-order valence-electron chi connectivity index (χ1n) is 8.01. The number of benzene rings is 1. The summed E-state index contributed by atoms with van der Waals surface area (Å²) in [5.74, 6) is 0.556. The highest BCUT2D eigenvalue weighted by Crippen LogP contribution is 2.47. The van der Waals surface area contributed by atoms with Crippen molar-refractivity contribution in [1.29, 1.82) is 0 Å². The zero-order valence-electron chi connectivity index (χ0n) is 13.7. The number of nitrogens with one attached hydrogen (secondary N) is 1. The van der Waals surface area contributed by atoms with E-state index in [0.717, 1.165) is 19.3 Å². The standard InChI is InChI=1S/C19H24N2.2ClH/c1-3-19(4-2)17(15-10-12-20-13-11-15)14-18(21-19)16-8-6-5-7-9-16;;/h5-13,17-18,21H,3-4,14H2,1-2H3;2*1H/t17-,18+;;/m0../s1. The monoisotopic (exact) mass is 352 g/mol. The minimum absolute atomic E-state index is 0. The molecule has 1 aromatic carbocycles. The number of rotatable bonds is 4. The zero-order valence-corrected chi connectivity index (χ0v) is 15.4. The maximum atomic E-state index is 4.17. The molecule has 2 heterocycles. The van der Waals surface area contributed by atoms with E-state index in [0.29, 0.717) is 12.0 Å². The quantitative estimate of drug-likeness (QED) is 0.807. The van der Waals surface area contributed by atoms with Crippen LogP contribution < -0.4 is 5.32 Å². The average Bonchev–Trinajstić information content (AvgIpc) is 2.97. The molecular formula is C19H26Cl2N2. The number of halogens is 2. The van der Waals surface area contributed by atoms with Crippen molar-refractivity contribution >= 4 is 24.8 Å². The van der Waals surface area contributed by atoms with Crippen LogP contribution in [-0.4, -0.2) is 10.5 Å². The van der Waals surface area contributed by atoms with Gasteiger partial charge in [0, 0.05) is 29.9 Å². The second-order valence-corrected chi connectivity index (χ2v) is 6.04. The van der Waals surface area contributed by atoms with Crippen molar-refractivity contribution in [3.8, 4) is 0 Å². The Bertz CT molecular complexity index is 570. The largest absolute Gasteiger partial charge is 0.304 e. The zero-order chi connectivity index (χ0) is 14.7. The van der Waals surface area contributed by atoms with Gasteiger partial charge in [-0.15, -0.1) is 24.8 Å². The summed E-state index contributed by atoms with van der Waals surface area (Å²) >= 11 is 0. The Morgan fingerprint density at radius 2 is 1.57 bits per heavy atom. The van der Waals surface area contributed by atoms with Crippen molar-refractivity contribution in [3.63, 3.8) is 0 Å². The molecule has 1 N–H and O–H groups in total. The van der Waals surface area contributed by atoms with Gasteiger partial charge in [-0.1, -0.05) is 44.2 Å². The molecule has 1 aromatic heterocycles. The Balaban J connectivity index is 0.00000132. The Kier molecular flexibility index (Phi) is 7.53. The molecule has 1 aliphatic rings. The minimum Gasteiger partial charge on any atom is -0.304 e. The maximum absolute atomic E-state index is 4.17. The number of hydrogen-bond donors (Lipinski definition) is 1. The molecule has 1 saturated heterocycles. The van der Waals surface area contributed by atoms with E-state index in [1.807, 2.05) is 12.4 Å². The van der Waals surface area contributed by atoms with E-state index in [1.54, 1.807) is 0 Å². The molecule has 2 atom stereocenters. The van der Waals surface area contributed by atoms with E-state index in [1.165, 1.54) is 11.1 Å². The molecule has 0 saturated carbocycles. The maximum Gasteiger partial charge on any atom is 0.0331 e. The van der Waals surface area contributed by atoms with Gasteiger partial charge in [0.15, 0.2) is 0 Å². The Hall–Kier alpha value is -1.09. The summed E-state index contributed by atoms with van der Waals surface area (Å²) in [6.07, 6.45) is 7.30. The molecular weight excluding hydrogens is 327 g/mol. The van der Waals surface area contributed by atoms with Crippen molar-refractivity contribution in [2.24, 2.45) is 0 Å². The van der Waals surface area contributed by atoms with E-state index in [4.69, 9.17) is 0 Å². The third-order valence-electron chi connectivity index (χ3n) is 5.17. The van der Waals surface area contributed by atoms with Crippen LogP contribution >= 0.6 is 24.8 Å². The van der Waals surface area contributed by atoms with E-state index < -0.39 is 0 Å². The lowest BCUT2D eigenvalue weighted by atomic mass is 9.77. The van der Waals surface area contributed by atoms with Crippen molar-refractivity contribution in [3.05, 3.63) is 66.0 Å². The van der Waals surface area contributed by atoms with E-state index in [2.05, 4.69) is 66.6 Å². The van der Waals surface area contributed by atoms with Gasteiger partial charge in [0.1, 0.15) is 0 Å². The van der Waals surface area contributed by atoms with Crippen LogP contribution in [0.1, 0.15) is 56.2 Å². The highest BCUT2D eigenvalue weighted by molar-refractivity contribution is 5.85. The van der Waals surface area contributed by atoms with Crippen LogP contribution in [0.15, 0.2) is 54.9 Å². The second kappa shape index (κ2) is 8.68. The van der Waals surface area contributed by atoms with Gasteiger partial charge in [-0.2, -0.15) is 0 Å². The molecule has 1 aliphatic heterocycles. The van der Waals surface area contributed by atoms with Gasteiger partial charge in [-0.05, 0) is 42.5 Å². The fourth-order valence-corrected chi connectivity index (χ4v) is 3.87. The average molecular weight is 353 g/mol. The van der Waals surface area contributed by atoms with E-state index in [-0.39, 0.29) is 30.4 Å². The minimum atomic E-state index is 0. The lowest BCUT2D eigenvalue weighted by Gasteiger charge is -2.34. The lowest BCUT2D eigenvalue weighted by molar-refractivity contribution is 0.303. The van der Waals surface area contributed by atoms with Gasteiger partial charge in [0.25, 0.3) is 0 Å². The topological polar surface area (TPSA) is 24.9 Å². The third-order valence-corrected chi connectivity index (χ3v) is 5.17. The molecule has 126 valence electrons. The van der Waals surface area contributed by atoms with Crippen molar-refractivity contribution in [1.82, 2.24) is 10.3 Å². The van der Waals surface area contributed by atoms with Gasteiger partial charge in [0.05, 0.1) is 0 Å². The summed E-state index contributed by atoms with van der Waals surface area (Å²) in [6.45, 7) is 4.61. The molecule has 3 rings (SSSR count). The predicted molar refractivity (Wildman–Crippen MR) is 102 cm³/mol. The number of pyridine rings is 1. The first kappa shape index (κ1) is 20.0. The summed E-state index contributed by atoms with van der Waals surface area (Å²) < 4.78 is 0. The van der Waals surface area contributed by atoms with Crippen molar-refractivity contribution in [2.45, 2.75) is 50.6 Å². The van der Waals surface area contributed by atoms with Gasteiger partial charge >= 0.3 is 0 Å². The number of hydrogen-bond acceptors (Lipinski definition) is 2. The summed E-state index contributed by atoms with van der Waals surface area (Å²) in [5.41, 5.74) is 3.02. The van der Waals surface area contributed by atoms with Gasteiger partial charge in [0.2, 0.25) is 0 Å². The highest BCUT2D eigenvalue weighted by Gasteiger charge is 2.45.